The van der Waals surface area contributed by atoms with Crippen LogP contribution >= 0.6 is 11.3 Å². The molecule has 0 atom stereocenters. The Hall–Kier alpha value is -2.74. The maximum atomic E-state index is 12.6. The predicted molar refractivity (Wildman–Crippen MR) is 101 cm³/mol. The van der Waals surface area contributed by atoms with E-state index in [4.69, 9.17) is 0 Å². The Bertz CT molecular complexity index is 874. The van der Waals surface area contributed by atoms with Gasteiger partial charge in [0.2, 0.25) is 5.91 Å². The fourth-order valence-electron chi connectivity index (χ4n) is 3.68. The number of aromatic nitrogens is 1. The number of rotatable bonds is 5. The summed E-state index contributed by atoms with van der Waals surface area (Å²) < 4.78 is 0. The summed E-state index contributed by atoms with van der Waals surface area (Å²) in [5, 5.41) is 5.93. The molecule has 27 heavy (non-hydrogen) atoms. The van der Waals surface area contributed by atoms with Gasteiger partial charge < -0.3 is 10.6 Å². The van der Waals surface area contributed by atoms with Crippen molar-refractivity contribution in [2.75, 3.05) is 11.9 Å². The van der Waals surface area contributed by atoms with Crippen LogP contribution in [0, 0.1) is 0 Å². The van der Waals surface area contributed by atoms with Crippen LogP contribution in [0.15, 0.2) is 36.5 Å². The van der Waals surface area contributed by atoms with E-state index in [1.54, 1.807) is 6.20 Å². The van der Waals surface area contributed by atoms with E-state index < -0.39 is 17.5 Å². The molecule has 4 amide bonds. The second kappa shape index (κ2) is 7.11. The van der Waals surface area contributed by atoms with Gasteiger partial charge in [0.05, 0.1) is 0 Å². The summed E-state index contributed by atoms with van der Waals surface area (Å²) in [7, 11) is 0. The van der Waals surface area contributed by atoms with E-state index in [0.717, 1.165) is 29.0 Å². The van der Waals surface area contributed by atoms with E-state index in [2.05, 4.69) is 15.6 Å². The number of carbonyl (C=O) groups excluding carboxylic acids is 3. The molecule has 2 N–H and O–H groups in total. The number of hydrogen-bond acceptors (Lipinski definition) is 5. The van der Waals surface area contributed by atoms with Gasteiger partial charge in [-0.2, -0.15) is 0 Å². The molecular formula is C19H20N4O3S. The molecule has 2 aromatic rings. The third-order valence-electron chi connectivity index (χ3n) is 5.03. The van der Waals surface area contributed by atoms with Gasteiger partial charge in [-0.25, -0.2) is 9.78 Å². The number of benzene rings is 1. The number of urea groups is 1. The molecule has 1 aromatic carbocycles. The van der Waals surface area contributed by atoms with Gasteiger partial charge in [0.1, 0.15) is 12.1 Å². The molecule has 2 heterocycles. The summed E-state index contributed by atoms with van der Waals surface area (Å²) in [5.41, 5.74) is 0.377. The minimum absolute atomic E-state index is 0.288. The highest BCUT2D eigenvalue weighted by atomic mass is 32.1. The molecular weight excluding hydrogens is 364 g/mol. The van der Waals surface area contributed by atoms with Crippen LogP contribution in [0.3, 0.4) is 0 Å². The maximum Gasteiger partial charge on any atom is 0.325 e. The highest BCUT2D eigenvalue weighted by molar-refractivity contribution is 7.15. The van der Waals surface area contributed by atoms with Crippen LogP contribution in [0.5, 0.6) is 0 Å². The molecule has 0 unspecified atom stereocenters. The molecule has 1 saturated carbocycles. The van der Waals surface area contributed by atoms with Crippen molar-refractivity contribution < 1.29 is 14.4 Å². The summed E-state index contributed by atoms with van der Waals surface area (Å²) >= 11 is 1.39. The molecule has 8 heteroatoms. The van der Waals surface area contributed by atoms with Crippen LogP contribution < -0.4 is 10.6 Å². The number of thiazole rings is 1. The second-order valence-corrected chi connectivity index (χ2v) is 8.07. The lowest BCUT2D eigenvalue weighted by Gasteiger charge is -2.19. The Morgan fingerprint density at radius 3 is 2.70 bits per heavy atom. The van der Waals surface area contributed by atoms with Crippen molar-refractivity contribution in [3.05, 3.63) is 47.0 Å². The standard InChI is InChI=1S/C19H20N4O3S/c24-15(12-23-16(25)19(22-18(23)26)8-4-5-9-19)21-17-20-11-14(27-17)10-13-6-2-1-3-7-13/h1-3,6-7,11H,4-5,8-10,12H2,(H,22,26)(H,20,21,24). The first-order valence-corrected chi connectivity index (χ1v) is 9.80. The maximum absolute atomic E-state index is 12.6. The topological polar surface area (TPSA) is 91.4 Å². The van der Waals surface area contributed by atoms with Gasteiger partial charge in [0, 0.05) is 17.5 Å². The lowest BCUT2D eigenvalue weighted by molar-refractivity contribution is -0.133. The average molecular weight is 384 g/mol. The van der Waals surface area contributed by atoms with Gasteiger partial charge in [-0.1, -0.05) is 43.2 Å². The number of carbonyl (C=O) groups is 3. The number of nitrogens with one attached hydrogen (secondary N) is 2. The number of imide groups is 1. The quantitative estimate of drug-likeness (QED) is 0.775. The summed E-state index contributed by atoms with van der Waals surface area (Å²) in [6, 6.07) is 9.51. The first-order chi connectivity index (χ1) is 13.1. The summed E-state index contributed by atoms with van der Waals surface area (Å²) in [5.74, 6) is -0.710. The van der Waals surface area contributed by atoms with Crippen LogP contribution in [0.4, 0.5) is 9.93 Å². The normalized spacial score (nSPS) is 18.1. The summed E-state index contributed by atoms with van der Waals surface area (Å²) in [6.07, 6.45) is 5.58. The lowest BCUT2D eigenvalue weighted by atomic mass is 9.98. The van der Waals surface area contributed by atoms with Gasteiger partial charge in [-0.15, -0.1) is 11.3 Å². The fourth-order valence-corrected chi connectivity index (χ4v) is 4.55. The molecule has 1 aromatic heterocycles. The fraction of sp³-hybridized carbons (Fsp3) is 0.368. The number of nitrogens with zero attached hydrogens (tertiary/aromatic N) is 2. The van der Waals surface area contributed by atoms with E-state index in [0.29, 0.717) is 18.0 Å². The van der Waals surface area contributed by atoms with E-state index in [-0.39, 0.29) is 12.5 Å². The molecule has 1 aliphatic heterocycles. The van der Waals surface area contributed by atoms with E-state index in [1.165, 1.54) is 16.9 Å². The minimum Gasteiger partial charge on any atom is -0.323 e. The first kappa shape index (κ1) is 17.7. The van der Waals surface area contributed by atoms with Crippen LogP contribution in [-0.4, -0.2) is 39.8 Å². The summed E-state index contributed by atoms with van der Waals surface area (Å²) in [4.78, 5) is 43.3. The zero-order valence-corrected chi connectivity index (χ0v) is 15.6. The van der Waals surface area contributed by atoms with Gasteiger partial charge in [0.25, 0.3) is 5.91 Å². The van der Waals surface area contributed by atoms with Crippen LogP contribution in [0.1, 0.15) is 36.1 Å². The number of anilines is 1. The molecule has 0 bridgehead atoms. The van der Waals surface area contributed by atoms with Crippen molar-refractivity contribution in [3.63, 3.8) is 0 Å². The first-order valence-electron chi connectivity index (χ1n) is 8.98. The van der Waals surface area contributed by atoms with Gasteiger partial charge in [-0.05, 0) is 18.4 Å². The zero-order chi connectivity index (χ0) is 18.9. The van der Waals surface area contributed by atoms with Gasteiger partial charge >= 0.3 is 6.03 Å². The summed E-state index contributed by atoms with van der Waals surface area (Å²) in [6.45, 7) is -0.292. The van der Waals surface area contributed by atoms with Crippen LogP contribution in [0.2, 0.25) is 0 Å². The number of amides is 4. The lowest BCUT2D eigenvalue weighted by Crippen LogP contribution is -2.44. The molecule has 4 rings (SSSR count). The second-order valence-electron chi connectivity index (χ2n) is 6.95. The Labute approximate surface area is 160 Å². The molecule has 7 nitrogen and oxygen atoms in total. The average Bonchev–Trinajstić information content (AvgIpc) is 3.34. The Morgan fingerprint density at radius 1 is 1.22 bits per heavy atom. The smallest absolute Gasteiger partial charge is 0.323 e. The minimum atomic E-state index is -0.790. The van der Waals surface area contributed by atoms with E-state index in [1.807, 2.05) is 30.3 Å². The van der Waals surface area contributed by atoms with Crippen molar-refractivity contribution >= 4 is 34.3 Å². The van der Waals surface area contributed by atoms with Crippen LogP contribution in [-0.2, 0) is 16.0 Å². The third-order valence-corrected chi connectivity index (χ3v) is 5.94. The Balaban J connectivity index is 1.36. The Kier molecular flexibility index (Phi) is 4.65. The van der Waals surface area contributed by atoms with Gasteiger partial charge in [0.15, 0.2) is 5.13 Å². The highest BCUT2D eigenvalue weighted by Gasteiger charge is 2.52. The molecule has 2 fully saturated rings. The molecule has 2 aliphatic rings. The van der Waals surface area contributed by atoms with Crippen molar-refractivity contribution in [2.45, 2.75) is 37.6 Å². The van der Waals surface area contributed by atoms with Gasteiger partial charge in [-0.3, -0.25) is 14.5 Å². The molecule has 1 saturated heterocycles. The molecule has 0 radical (unpaired) electrons. The molecule has 1 aliphatic carbocycles. The van der Waals surface area contributed by atoms with Crippen molar-refractivity contribution in [3.8, 4) is 0 Å². The highest BCUT2D eigenvalue weighted by Crippen LogP contribution is 2.35. The monoisotopic (exact) mass is 384 g/mol. The third kappa shape index (κ3) is 3.57. The van der Waals surface area contributed by atoms with E-state index in [9.17, 15) is 14.4 Å². The van der Waals surface area contributed by atoms with Crippen molar-refractivity contribution in [1.82, 2.24) is 15.2 Å². The number of hydrogen-bond donors (Lipinski definition) is 2. The largest absolute Gasteiger partial charge is 0.325 e. The van der Waals surface area contributed by atoms with Crippen molar-refractivity contribution in [1.29, 1.82) is 0 Å². The molecule has 1 spiro atoms. The van der Waals surface area contributed by atoms with Crippen molar-refractivity contribution in [2.24, 2.45) is 0 Å². The zero-order valence-electron chi connectivity index (χ0n) is 14.7. The Morgan fingerprint density at radius 2 is 1.96 bits per heavy atom. The molecule has 140 valence electrons. The van der Waals surface area contributed by atoms with E-state index >= 15 is 0 Å². The van der Waals surface area contributed by atoms with Crippen LogP contribution in [0.25, 0.3) is 0 Å². The predicted octanol–water partition coefficient (Wildman–Crippen LogP) is 2.54. The SMILES string of the molecule is O=C(CN1C(=O)NC2(CCCC2)C1=O)Nc1ncc(Cc2ccccc2)s1.